The van der Waals surface area contributed by atoms with Crippen LogP contribution in [0, 0.1) is 6.92 Å². The van der Waals surface area contributed by atoms with Gasteiger partial charge in [-0.2, -0.15) is 0 Å². The fourth-order valence-electron chi connectivity index (χ4n) is 1.34. The van der Waals surface area contributed by atoms with Crippen molar-refractivity contribution in [3.8, 4) is 17.0 Å². The lowest BCUT2D eigenvalue weighted by Crippen LogP contribution is -1.87. The van der Waals surface area contributed by atoms with Gasteiger partial charge >= 0.3 is 0 Å². The van der Waals surface area contributed by atoms with E-state index in [1.165, 1.54) is 0 Å². The summed E-state index contributed by atoms with van der Waals surface area (Å²) < 4.78 is 0. The molecule has 2 aromatic heterocycles. The predicted octanol–water partition coefficient (Wildman–Crippen LogP) is 2.16. The molecule has 0 spiro atoms. The van der Waals surface area contributed by atoms with E-state index < -0.39 is 0 Å². The Morgan fingerprint density at radius 2 is 2.07 bits per heavy atom. The first-order valence-corrected chi connectivity index (χ1v) is 4.34. The molecule has 0 aliphatic carbocycles. The molecule has 0 radical (unpaired) electrons. The molecule has 3 nitrogen and oxygen atoms in total. The molecular formula is C11H10N2O. The summed E-state index contributed by atoms with van der Waals surface area (Å²) in [6.45, 7) is 1.94. The van der Waals surface area contributed by atoms with E-state index in [1.54, 1.807) is 30.7 Å². The molecule has 0 atom stereocenters. The van der Waals surface area contributed by atoms with Crippen LogP contribution in [0.3, 0.4) is 0 Å². The van der Waals surface area contributed by atoms with Crippen LogP contribution in [0.1, 0.15) is 5.56 Å². The van der Waals surface area contributed by atoms with Gasteiger partial charge in [0, 0.05) is 24.2 Å². The number of aromatic hydroxyl groups is 1. The standard InChI is InChI=1S/C11H10N2O/c1-8-7-12-6-4-9(8)11-10(14)3-2-5-13-11/h2-7,14H,1H3. The average Bonchev–Trinajstić information content (AvgIpc) is 2.20. The van der Waals surface area contributed by atoms with Gasteiger partial charge in [-0.1, -0.05) is 0 Å². The highest BCUT2D eigenvalue weighted by atomic mass is 16.3. The highest BCUT2D eigenvalue weighted by Gasteiger charge is 2.06. The molecule has 0 fully saturated rings. The van der Waals surface area contributed by atoms with Gasteiger partial charge in [0.1, 0.15) is 11.4 Å². The van der Waals surface area contributed by atoms with Gasteiger partial charge in [0.25, 0.3) is 0 Å². The Balaban J connectivity index is 2.61. The summed E-state index contributed by atoms with van der Waals surface area (Å²) >= 11 is 0. The second-order valence-electron chi connectivity index (χ2n) is 3.06. The van der Waals surface area contributed by atoms with Crippen molar-refractivity contribution >= 4 is 0 Å². The first-order chi connectivity index (χ1) is 6.79. The van der Waals surface area contributed by atoms with Gasteiger partial charge < -0.3 is 5.11 Å². The van der Waals surface area contributed by atoms with E-state index in [2.05, 4.69) is 9.97 Å². The lowest BCUT2D eigenvalue weighted by atomic mass is 10.1. The number of aryl methyl sites for hydroxylation is 1. The van der Waals surface area contributed by atoms with Crippen LogP contribution < -0.4 is 0 Å². The van der Waals surface area contributed by atoms with Gasteiger partial charge in [0.05, 0.1) is 0 Å². The minimum absolute atomic E-state index is 0.196. The molecule has 3 heteroatoms. The highest BCUT2D eigenvalue weighted by Crippen LogP contribution is 2.27. The highest BCUT2D eigenvalue weighted by molar-refractivity contribution is 5.68. The molecule has 0 saturated heterocycles. The molecule has 2 heterocycles. The second-order valence-corrected chi connectivity index (χ2v) is 3.06. The topological polar surface area (TPSA) is 46.0 Å². The maximum absolute atomic E-state index is 9.61. The minimum Gasteiger partial charge on any atom is -0.506 e. The minimum atomic E-state index is 0.196. The average molecular weight is 186 g/mol. The first kappa shape index (κ1) is 8.69. The van der Waals surface area contributed by atoms with Crippen LogP contribution >= 0.6 is 0 Å². The fraction of sp³-hybridized carbons (Fsp3) is 0.0909. The molecule has 0 aliphatic rings. The quantitative estimate of drug-likeness (QED) is 0.742. The van der Waals surface area contributed by atoms with Crippen LogP contribution in [0.4, 0.5) is 0 Å². The molecule has 2 aromatic rings. The molecule has 0 aliphatic heterocycles. The van der Waals surface area contributed by atoms with Crippen LogP contribution in [0.15, 0.2) is 36.8 Å². The molecule has 70 valence electrons. The van der Waals surface area contributed by atoms with Crippen molar-refractivity contribution in [2.75, 3.05) is 0 Å². The van der Waals surface area contributed by atoms with Crippen LogP contribution in [0.2, 0.25) is 0 Å². The normalized spacial score (nSPS) is 10.1. The molecule has 2 rings (SSSR count). The molecule has 0 saturated carbocycles. The number of pyridine rings is 2. The smallest absolute Gasteiger partial charge is 0.141 e. The van der Waals surface area contributed by atoms with E-state index in [4.69, 9.17) is 0 Å². The Labute approximate surface area is 82.1 Å². The van der Waals surface area contributed by atoms with E-state index in [0.717, 1.165) is 11.1 Å². The largest absolute Gasteiger partial charge is 0.506 e. The Kier molecular flexibility index (Phi) is 2.14. The lowest BCUT2D eigenvalue weighted by molar-refractivity contribution is 0.475. The summed E-state index contributed by atoms with van der Waals surface area (Å²) in [6.07, 6.45) is 5.11. The zero-order chi connectivity index (χ0) is 9.97. The summed E-state index contributed by atoms with van der Waals surface area (Å²) in [5.41, 5.74) is 2.52. The van der Waals surface area contributed by atoms with Gasteiger partial charge in [0.2, 0.25) is 0 Å². The van der Waals surface area contributed by atoms with Crippen molar-refractivity contribution in [3.63, 3.8) is 0 Å². The maximum Gasteiger partial charge on any atom is 0.141 e. The molecule has 14 heavy (non-hydrogen) atoms. The van der Waals surface area contributed by atoms with Crippen LogP contribution in [-0.2, 0) is 0 Å². The lowest BCUT2D eigenvalue weighted by Gasteiger charge is -2.05. The molecule has 1 N–H and O–H groups in total. The zero-order valence-corrected chi connectivity index (χ0v) is 7.81. The second kappa shape index (κ2) is 3.46. The number of rotatable bonds is 1. The fourth-order valence-corrected chi connectivity index (χ4v) is 1.34. The summed E-state index contributed by atoms with van der Waals surface area (Å²) in [5.74, 6) is 0.196. The summed E-state index contributed by atoms with van der Waals surface area (Å²) in [5, 5.41) is 9.61. The molecule has 0 amide bonds. The number of nitrogens with zero attached hydrogens (tertiary/aromatic N) is 2. The third-order valence-electron chi connectivity index (χ3n) is 2.06. The Morgan fingerprint density at radius 1 is 1.21 bits per heavy atom. The van der Waals surface area contributed by atoms with Gasteiger partial charge in [0.15, 0.2) is 0 Å². The Bertz CT molecular complexity index is 411. The zero-order valence-electron chi connectivity index (χ0n) is 7.81. The molecule has 0 unspecified atom stereocenters. The third-order valence-corrected chi connectivity index (χ3v) is 2.06. The van der Waals surface area contributed by atoms with E-state index in [1.807, 2.05) is 13.0 Å². The third kappa shape index (κ3) is 1.44. The number of aromatic nitrogens is 2. The SMILES string of the molecule is Cc1cnccc1-c1ncccc1O. The van der Waals surface area contributed by atoms with E-state index >= 15 is 0 Å². The molecule has 0 bridgehead atoms. The van der Waals surface area contributed by atoms with Crippen molar-refractivity contribution in [3.05, 3.63) is 42.4 Å². The van der Waals surface area contributed by atoms with Crippen LogP contribution in [-0.4, -0.2) is 15.1 Å². The van der Waals surface area contributed by atoms with E-state index in [0.29, 0.717) is 5.69 Å². The predicted molar refractivity (Wildman–Crippen MR) is 53.9 cm³/mol. The summed E-state index contributed by atoms with van der Waals surface area (Å²) in [6, 6.07) is 5.18. The maximum atomic E-state index is 9.61. The van der Waals surface area contributed by atoms with Crippen molar-refractivity contribution < 1.29 is 5.11 Å². The monoisotopic (exact) mass is 186 g/mol. The number of hydrogen-bond acceptors (Lipinski definition) is 3. The molecular weight excluding hydrogens is 176 g/mol. The Hall–Kier alpha value is -1.90. The summed E-state index contributed by atoms with van der Waals surface area (Å²) in [4.78, 5) is 8.12. The van der Waals surface area contributed by atoms with Crippen molar-refractivity contribution in [1.29, 1.82) is 0 Å². The van der Waals surface area contributed by atoms with Crippen molar-refractivity contribution in [2.24, 2.45) is 0 Å². The van der Waals surface area contributed by atoms with Crippen molar-refractivity contribution in [2.45, 2.75) is 6.92 Å². The van der Waals surface area contributed by atoms with Gasteiger partial charge in [-0.25, -0.2) is 0 Å². The van der Waals surface area contributed by atoms with Gasteiger partial charge in [-0.05, 0) is 30.7 Å². The number of hydrogen-bond donors (Lipinski definition) is 1. The first-order valence-electron chi connectivity index (χ1n) is 4.34. The molecule has 0 aromatic carbocycles. The van der Waals surface area contributed by atoms with Gasteiger partial charge in [-0.15, -0.1) is 0 Å². The Morgan fingerprint density at radius 3 is 2.79 bits per heavy atom. The van der Waals surface area contributed by atoms with Crippen molar-refractivity contribution in [1.82, 2.24) is 9.97 Å². The van der Waals surface area contributed by atoms with E-state index in [9.17, 15) is 5.11 Å². The van der Waals surface area contributed by atoms with Crippen LogP contribution in [0.5, 0.6) is 5.75 Å². The summed E-state index contributed by atoms with van der Waals surface area (Å²) in [7, 11) is 0. The van der Waals surface area contributed by atoms with Crippen LogP contribution in [0.25, 0.3) is 11.3 Å². The van der Waals surface area contributed by atoms with Gasteiger partial charge in [-0.3, -0.25) is 9.97 Å². The van der Waals surface area contributed by atoms with E-state index in [-0.39, 0.29) is 5.75 Å².